The van der Waals surface area contributed by atoms with Gasteiger partial charge in [0.1, 0.15) is 5.75 Å². The van der Waals surface area contributed by atoms with E-state index in [2.05, 4.69) is 77.1 Å². The number of phenols is 1. The number of aromatic hydroxyl groups is 1. The molecule has 0 spiro atoms. The van der Waals surface area contributed by atoms with Gasteiger partial charge in [-0.15, -0.1) is 0 Å². The second-order valence-corrected chi connectivity index (χ2v) is 13.1. The lowest BCUT2D eigenvalue weighted by Crippen LogP contribution is -2.56. The molecular weight excluding hydrogens is 576 g/mol. The maximum atomic E-state index is 13.8. The predicted molar refractivity (Wildman–Crippen MR) is 182 cm³/mol. The standard InChI is InChI=1S/C38H50N4O4/c1-29-27-42(30(2)26-41(29)28-31-12-6-5-7-13-31)37(33-15-11-17-35(43)25-33)32-14-10-16-34(24-32)38(46)40-22-20-39(21-23-40)19-9-4-3-8-18-36(44)45/h5-7,10-17,24-25,29-30,37,43H,3-4,8-9,18-23,26-28H2,1-2H3,(H,44,45)/t29-,30+,37?/m1/s1. The zero-order valence-corrected chi connectivity index (χ0v) is 27.4. The predicted octanol–water partition coefficient (Wildman–Crippen LogP) is 5.87. The molecule has 2 aliphatic heterocycles. The Morgan fingerprint density at radius 1 is 0.783 bits per heavy atom. The number of unbranched alkanes of at least 4 members (excludes halogenated alkanes) is 3. The maximum absolute atomic E-state index is 13.8. The minimum Gasteiger partial charge on any atom is -0.508 e. The molecule has 2 heterocycles. The lowest BCUT2D eigenvalue weighted by Gasteiger charge is -2.47. The third kappa shape index (κ3) is 8.96. The van der Waals surface area contributed by atoms with Crippen molar-refractivity contribution in [2.24, 2.45) is 0 Å². The van der Waals surface area contributed by atoms with Gasteiger partial charge in [-0.25, -0.2) is 0 Å². The molecule has 2 saturated heterocycles. The van der Waals surface area contributed by atoms with Gasteiger partial charge in [-0.1, -0.05) is 67.4 Å². The van der Waals surface area contributed by atoms with E-state index >= 15 is 0 Å². The van der Waals surface area contributed by atoms with E-state index in [0.717, 1.165) is 76.1 Å². The number of hydrogen-bond acceptors (Lipinski definition) is 6. The molecule has 1 amide bonds. The first kappa shape index (κ1) is 33.6. The number of nitrogens with zero attached hydrogens (tertiary/aromatic N) is 4. The molecule has 2 N–H and O–H groups in total. The summed E-state index contributed by atoms with van der Waals surface area (Å²) in [7, 11) is 0. The van der Waals surface area contributed by atoms with E-state index < -0.39 is 5.97 Å². The van der Waals surface area contributed by atoms with Crippen molar-refractivity contribution in [1.29, 1.82) is 0 Å². The van der Waals surface area contributed by atoms with Crippen molar-refractivity contribution in [2.75, 3.05) is 45.8 Å². The summed E-state index contributed by atoms with van der Waals surface area (Å²) < 4.78 is 0. The van der Waals surface area contributed by atoms with Gasteiger partial charge in [0, 0.05) is 69.9 Å². The Bertz CT molecular complexity index is 1420. The molecule has 2 fully saturated rings. The van der Waals surface area contributed by atoms with Crippen LogP contribution in [0.15, 0.2) is 78.9 Å². The molecule has 3 aromatic rings. The molecule has 2 aliphatic rings. The largest absolute Gasteiger partial charge is 0.508 e. The van der Waals surface area contributed by atoms with Crippen molar-refractivity contribution in [3.8, 4) is 5.75 Å². The molecule has 46 heavy (non-hydrogen) atoms. The Kier molecular flexibility index (Phi) is 11.9. The first-order chi connectivity index (χ1) is 22.3. The Morgan fingerprint density at radius 2 is 1.48 bits per heavy atom. The van der Waals surface area contributed by atoms with Crippen LogP contribution in [-0.2, 0) is 11.3 Å². The van der Waals surface area contributed by atoms with Crippen LogP contribution in [0.25, 0.3) is 0 Å². The fraction of sp³-hybridized carbons (Fsp3) is 0.474. The average Bonchev–Trinajstić information content (AvgIpc) is 3.05. The van der Waals surface area contributed by atoms with Crippen molar-refractivity contribution in [3.63, 3.8) is 0 Å². The highest BCUT2D eigenvalue weighted by Gasteiger charge is 2.35. The minimum atomic E-state index is -0.720. The average molecular weight is 627 g/mol. The van der Waals surface area contributed by atoms with Crippen LogP contribution in [0.3, 0.4) is 0 Å². The second-order valence-electron chi connectivity index (χ2n) is 13.1. The van der Waals surface area contributed by atoms with Crippen LogP contribution in [-0.4, -0.2) is 99.6 Å². The number of carbonyl (C=O) groups excluding carboxylic acids is 1. The summed E-state index contributed by atoms with van der Waals surface area (Å²) in [4.78, 5) is 33.9. The smallest absolute Gasteiger partial charge is 0.303 e. The molecule has 3 aromatic carbocycles. The molecule has 8 nitrogen and oxygen atoms in total. The van der Waals surface area contributed by atoms with Crippen LogP contribution in [0.2, 0.25) is 0 Å². The summed E-state index contributed by atoms with van der Waals surface area (Å²) in [6.07, 6.45) is 4.04. The summed E-state index contributed by atoms with van der Waals surface area (Å²) >= 11 is 0. The Hall–Kier alpha value is -3.72. The van der Waals surface area contributed by atoms with Gasteiger partial charge < -0.3 is 15.1 Å². The molecule has 3 atom stereocenters. The molecule has 0 aromatic heterocycles. The first-order valence-corrected chi connectivity index (χ1v) is 16.9. The lowest BCUT2D eigenvalue weighted by molar-refractivity contribution is -0.137. The van der Waals surface area contributed by atoms with E-state index in [1.807, 2.05) is 29.2 Å². The Balaban J connectivity index is 1.25. The molecule has 0 saturated carbocycles. The van der Waals surface area contributed by atoms with Gasteiger partial charge in [0.05, 0.1) is 6.04 Å². The van der Waals surface area contributed by atoms with Gasteiger partial charge in [-0.05, 0) is 74.2 Å². The van der Waals surface area contributed by atoms with Crippen LogP contribution >= 0.6 is 0 Å². The molecular formula is C38H50N4O4. The van der Waals surface area contributed by atoms with Gasteiger partial charge in [0.25, 0.3) is 5.91 Å². The van der Waals surface area contributed by atoms with Gasteiger partial charge in [-0.2, -0.15) is 0 Å². The van der Waals surface area contributed by atoms with Gasteiger partial charge in [-0.3, -0.25) is 24.3 Å². The number of benzene rings is 3. The van der Waals surface area contributed by atoms with Crippen LogP contribution in [0.5, 0.6) is 5.75 Å². The van der Waals surface area contributed by atoms with Gasteiger partial charge in [0.15, 0.2) is 0 Å². The highest BCUT2D eigenvalue weighted by molar-refractivity contribution is 5.94. The molecule has 0 bridgehead atoms. The highest BCUT2D eigenvalue weighted by Crippen LogP contribution is 2.35. The van der Waals surface area contributed by atoms with Crippen LogP contribution in [0.4, 0.5) is 0 Å². The second kappa shape index (κ2) is 16.2. The number of carbonyl (C=O) groups is 2. The van der Waals surface area contributed by atoms with E-state index in [1.165, 1.54) is 5.56 Å². The summed E-state index contributed by atoms with van der Waals surface area (Å²) in [6, 6.07) is 26.8. The third-order valence-electron chi connectivity index (χ3n) is 9.63. The Morgan fingerprint density at radius 3 is 2.20 bits per heavy atom. The lowest BCUT2D eigenvalue weighted by atomic mass is 9.92. The zero-order valence-electron chi connectivity index (χ0n) is 27.4. The van der Waals surface area contributed by atoms with Crippen molar-refractivity contribution in [1.82, 2.24) is 19.6 Å². The number of carboxylic acid groups (broad SMARTS) is 1. The van der Waals surface area contributed by atoms with E-state index in [-0.39, 0.29) is 30.2 Å². The fourth-order valence-electron chi connectivity index (χ4n) is 7.06. The normalized spacial score (nSPS) is 20.4. The van der Waals surface area contributed by atoms with Gasteiger partial charge >= 0.3 is 5.97 Å². The fourth-order valence-corrected chi connectivity index (χ4v) is 7.06. The summed E-state index contributed by atoms with van der Waals surface area (Å²) in [5.74, 6) is -0.405. The number of piperazine rings is 2. The molecule has 8 heteroatoms. The van der Waals surface area contributed by atoms with Crippen LogP contribution in [0.1, 0.15) is 79.0 Å². The summed E-state index contributed by atoms with van der Waals surface area (Å²) in [5, 5.41) is 19.3. The zero-order chi connectivity index (χ0) is 32.5. The van der Waals surface area contributed by atoms with Gasteiger partial charge in [0.2, 0.25) is 0 Å². The Labute approximate surface area is 274 Å². The molecule has 0 radical (unpaired) electrons. The highest BCUT2D eigenvalue weighted by atomic mass is 16.4. The van der Waals surface area contributed by atoms with Crippen LogP contribution < -0.4 is 0 Å². The van der Waals surface area contributed by atoms with E-state index in [4.69, 9.17) is 5.11 Å². The number of phenolic OH excluding ortho intramolecular Hbond substituents is 1. The van der Waals surface area contributed by atoms with Crippen molar-refractivity contribution < 1.29 is 19.8 Å². The molecule has 246 valence electrons. The molecule has 0 aliphatic carbocycles. The number of rotatable bonds is 13. The number of carboxylic acids is 1. The van der Waals surface area contributed by atoms with Crippen molar-refractivity contribution >= 4 is 11.9 Å². The number of hydrogen-bond donors (Lipinski definition) is 2. The van der Waals surface area contributed by atoms with E-state index in [1.54, 1.807) is 6.07 Å². The third-order valence-corrected chi connectivity index (χ3v) is 9.63. The maximum Gasteiger partial charge on any atom is 0.303 e. The van der Waals surface area contributed by atoms with Crippen LogP contribution in [0, 0.1) is 0 Å². The van der Waals surface area contributed by atoms with E-state index in [9.17, 15) is 14.7 Å². The first-order valence-electron chi connectivity index (χ1n) is 16.9. The monoisotopic (exact) mass is 626 g/mol. The minimum absolute atomic E-state index is 0.0685. The summed E-state index contributed by atoms with van der Waals surface area (Å²) in [5.41, 5.74) is 4.11. The van der Waals surface area contributed by atoms with E-state index in [0.29, 0.717) is 24.7 Å². The molecule has 5 rings (SSSR count). The SMILES string of the molecule is C[C@@H]1CN(C(c2cccc(O)c2)c2cccc(C(=O)N3CCN(CCCCCCC(=O)O)CC3)c2)[C@@H](C)CN1Cc1ccccc1. The quantitative estimate of drug-likeness (QED) is 0.230. The van der Waals surface area contributed by atoms with Crippen molar-refractivity contribution in [3.05, 3.63) is 101 Å². The number of aliphatic carboxylic acids is 1. The topological polar surface area (TPSA) is 87.6 Å². The van der Waals surface area contributed by atoms with Crippen molar-refractivity contribution in [2.45, 2.75) is 70.6 Å². The molecule has 1 unspecified atom stereocenters. The number of amides is 1. The summed E-state index contributed by atoms with van der Waals surface area (Å²) in [6.45, 7) is 11.4.